The number of carbonyl (C=O) groups is 1. The van der Waals surface area contributed by atoms with Gasteiger partial charge in [0.15, 0.2) is 11.5 Å². The molecule has 41 heavy (non-hydrogen) atoms. The molecule has 12 heteroatoms. The van der Waals surface area contributed by atoms with Crippen molar-refractivity contribution in [1.82, 2.24) is 30.0 Å². The number of furan rings is 1. The van der Waals surface area contributed by atoms with Crippen LogP contribution in [0.3, 0.4) is 0 Å². The minimum absolute atomic E-state index is 0.00605. The molecule has 1 amide bonds. The van der Waals surface area contributed by atoms with Crippen LogP contribution in [0.15, 0.2) is 89.9 Å². The number of anilines is 2. The minimum atomic E-state index is -3.19. The summed E-state index contributed by atoms with van der Waals surface area (Å²) in [6.45, 7) is 0.675. The average molecular weight is 568 g/mol. The fraction of sp³-hybridized carbons (Fsp3) is 0.138. The highest BCUT2D eigenvalue weighted by molar-refractivity contribution is 7.90. The molecule has 0 radical (unpaired) electrons. The van der Waals surface area contributed by atoms with Crippen LogP contribution in [0, 0.1) is 0 Å². The molecule has 6 rings (SSSR count). The van der Waals surface area contributed by atoms with Crippen LogP contribution in [-0.2, 0) is 16.4 Å². The van der Waals surface area contributed by atoms with Crippen molar-refractivity contribution in [3.05, 3.63) is 96.8 Å². The first-order valence-corrected chi connectivity index (χ1v) is 14.8. The summed E-state index contributed by atoms with van der Waals surface area (Å²) in [6, 6.07) is 21.1. The van der Waals surface area contributed by atoms with Gasteiger partial charge in [-0.25, -0.2) is 18.4 Å². The van der Waals surface area contributed by atoms with Crippen LogP contribution in [0.2, 0.25) is 0 Å². The summed E-state index contributed by atoms with van der Waals surface area (Å²) in [5, 5.41) is 12.2. The molecule has 4 heterocycles. The van der Waals surface area contributed by atoms with Gasteiger partial charge in [0, 0.05) is 29.3 Å². The lowest BCUT2D eigenvalue weighted by molar-refractivity contribution is 0.0929. The molecule has 2 aromatic carbocycles. The molecular formula is C29H25N7O4S. The van der Waals surface area contributed by atoms with Gasteiger partial charge in [0.05, 0.1) is 35.7 Å². The Labute approximate surface area is 235 Å². The molecule has 0 aliphatic heterocycles. The minimum Gasteiger partial charge on any atom is -0.449 e. The smallest absolute Gasteiger partial charge is 0.287 e. The predicted molar refractivity (Wildman–Crippen MR) is 156 cm³/mol. The first-order chi connectivity index (χ1) is 19.8. The van der Waals surface area contributed by atoms with E-state index in [2.05, 4.69) is 42.8 Å². The highest BCUT2D eigenvalue weighted by atomic mass is 32.2. The van der Waals surface area contributed by atoms with E-state index in [4.69, 9.17) is 4.42 Å². The van der Waals surface area contributed by atoms with Gasteiger partial charge in [-0.1, -0.05) is 30.3 Å². The molecular weight excluding hydrogens is 542 g/mol. The zero-order valence-corrected chi connectivity index (χ0v) is 22.8. The molecule has 0 saturated carbocycles. The summed E-state index contributed by atoms with van der Waals surface area (Å²) in [5.41, 5.74) is 4.15. The third-order valence-electron chi connectivity index (χ3n) is 6.44. The van der Waals surface area contributed by atoms with E-state index in [1.165, 1.54) is 18.0 Å². The Morgan fingerprint density at radius 3 is 2.66 bits per heavy atom. The van der Waals surface area contributed by atoms with Crippen LogP contribution < -0.4 is 10.6 Å². The molecule has 2 N–H and O–H groups in total. The lowest BCUT2D eigenvalue weighted by atomic mass is 10.2. The summed E-state index contributed by atoms with van der Waals surface area (Å²) in [7, 11) is -3.19. The van der Waals surface area contributed by atoms with Gasteiger partial charge in [-0.3, -0.25) is 14.5 Å². The number of hydrogen-bond acceptors (Lipinski definition) is 9. The topological polar surface area (TPSA) is 145 Å². The molecule has 0 atom stereocenters. The Morgan fingerprint density at radius 2 is 1.83 bits per heavy atom. The van der Waals surface area contributed by atoms with Crippen LogP contribution in [0.1, 0.15) is 16.1 Å². The maximum Gasteiger partial charge on any atom is 0.287 e. The van der Waals surface area contributed by atoms with Gasteiger partial charge in [-0.05, 0) is 42.0 Å². The Hall–Kier alpha value is -5.10. The number of rotatable bonds is 9. The molecule has 4 aromatic heterocycles. The number of fused-ring (bicyclic) bond motifs is 2. The number of nitrogens with zero attached hydrogens (tertiary/aromatic N) is 5. The Balaban J connectivity index is 1.23. The molecule has 11 nitrogen and oxygen atoms in total. The second-order valence-corrected chi connectivity index (χ2v) is 11.8. The standard InChI is InChI=1S/C29H25N7O4S/c1-41(38,39)12-11-30-29(37)27-10-9-26(40-27)23-14-22-24(16-31-23)32-18-33-28(22)35-21-7-8-25-20(13-21)15-34-36(25)17-19-5-3-2-4-6-19/h2-10,13-16,18H,11-12,17H2,1H3,(H,30,37)(H,32,33,35). The van der Waals surface area contributed by atoms with E-state index in [1.54, 1.807) is 18.3 Å². The second-order valence-electron chi connectivity index (χ2n) is 9.55. The van der Waals surface area contributed by atoms with E-state index in [-0.39, 0.29) is 18.1 Å². The van der Waals surface area contributed by atoms with Crippen molar-refractivity contribution in [2.24, 2.45) is 0 Å². The quantitative estimate of drug-likeness (QED) is 0.262. The van der Waals surface area contributed by atoms with Gasteiger partial charge in [0.25, 0.3) is 5.91 Å². The lowest BCUT2D eigenvalue weighted by Gasteiger charge is -2.10. The van der Waals surface area contributed by atoms with Gasteiger partial charge in [-0.2, -0.15) is 5.10 Å². The second kappa shape index (κ2) is 10.8. The van der Waals surface area contributed by atoms with Gasteiger partial charge in [0.1, 0.15) is 27.7 Å². The van der Waals surface area contributed by atoms with E-state index in [9.17, 15) is 13.2 Å². The fourth-order valence-electron chi connectivity index (χ4n) is 4.41. The number of pyridine rings is 1. The van der Waals surface area contributed by atoms with Crippen LogP contribution in [-0.4, -0.2) is 57.6 Å². The molecule has 0 aliphatic rings. The number of nitrogens with one attached hydrogen (secondary N) is 2. The molecule has 6 aromatic rings. The molecule has 0 spiro atoms. The third kappa shape index (κ3) is 5.92. The highest BCUT2D eigenvalue weighted by Gasteiger charge is 2.15. The summed E-state index contributed by atoms with van der Waals surface area (Å²) in [5.74, 6) is 0.354. The molecule has 206 valence electrons. The van der Waals surface area contributed by atoms with Gasteiger partial charge >= 0.3 is 0 Å². The lowest BCUT2D eigenvalue weighted by Crippen LogP contribution is -2.28. The average Bonchev–Trinajstić information content (AvgIpc) is 3.61. The normalized spacial score (nSPS) is 11.6. The zero-order valence-electron chi connectivity index (χ0n) is 22.0. The Bertz CT molecular complexity index is 1990. The summed E-state index contributed by atoms with van der Waals surface area (Å²) in [6.07, 6.45) is 6.04. The van der Waals surface area contributed by atoms with Crippen molar-refractivity contribution in [2.45, 2.75) is 6.54 Å². The third-order valence-corrected chi connectivity index (χ3v) is 7.39. The van der Waals surface area contributed by atoms with E-state index in [0.717, 1.165) is 22.8 Å². The molecule has 0 saturated heterocycles. The van der Waals surface area contributed by atoms with Crippen LogP contribution in [0.5, 0.6) is 0 Å². The summed E-state index contributed by atoms with van der Waals surface area (Å²) >= 11 is 0. The zero-order chi connectivity index (χ0) is 28.4. The first-order valence-electron chi connectivity index (χ1n) is 12.8. The summed E-state index contributed by atoms with van der Waals surface area (Å²) in [4.78, 5) is 25.6. The van der Waals surface area contributed by atoms with Gasteiger partial charge < -0.3 is 15.1 Å². The first kappa shape index (κ1) is 26.1. The molecule has 0 aliphatic carbocycles. The van der Waals surface area contributed by atoms with Crippen LogP contribution in [0.4, 0.5) is 11.5 Å². The number of benzene rings is 2. The van der Waals surface area contributed by atoms with Crippen molar-refractivity contribution in [3.63, 3.8) is 0 Å². The van der Waals surface area contributed by atoms with Crippen molar-refractivity contribution in [3.8, 4) is 11.5 Å². The maximum absolute atomic E-state index is 12.4. The highest BCUT2D eigenvalue weighted by Crippen LogP contribution is 2.29. The van der Waals surface area contributed by atoms with Crippen molar-refractivity contribution in [2.75, 3.05) is 23.9 Å². The number of sulfone groups is 1. The number of amides is 1. The fourth-order valence-corrected chi connectivity index (χ4v) is 4.88. The Morgan fingerprint density at radius 1 is 0.976 bits per heavy atom. The van der Waals surface area contributed by atoms with E-state index in [1.807, 2.05) is 47.3 Å². The Kier molecular flexibility index (Phi) is 6.89. The predicted octanol–water partition coefficient (Wildman–Crippen LogP) is 4.20. The SMILES string of the molecule is CS(=O)(=O)CCNC(=O)c1ccc(-c2cc3c(Nc4ccc5c(cnn5Cc5ccccc5)c4)ncnc3cn2)o1. The van der Waals surface area contributed by atoms with Gasteiger partial charge in [-0.15, -0.1) is 0 Å². The van der Waals surface area contributed by atoms with Crippen molar-refractivity contribution >= 4 is 49.1 Å². The van der Waals surface area contributed by atoms with Crippen molar-refractivity contribution in [1.29, 1.82) is 0 Å². The van der Waals surface area contributed by atoms with E-state index in [0.29, 0.717) is 34.7 Å². The van der Waals surface area contributed by atoms with E-state index < -0.39 is 15.7 Å². The number of aromatic nitrogens is 5. The van der Waals surface area contributed by atoms with Crippen LogP contribution >= 0.6 is 0 Å². The van der Waals surface area contributed by atoms with E-state index >= 15 is 0 Å². The molecule has 0 bridgehead atoms. The monoisotopic (exact) mass is 567 g/mol. The van der Waals surface area contributed by atoms with Crippen LogP contribution in [0.25, 0.3) is 33.3 Å². The maximum atomic E-state index is 12.4. The largest absolute Gasteiger partial charge is 0.449 e. The number of carbonyl (C=O) groups excluding carboxylic acids is 1. The number of hydrogen-bond donors (Lipinski definition) is 2. The van der Waals surface area contributed by atoms with Crippen molar-refractivity contribution < 1.29 is 17.6 Å². The van der Waals surface area contributed by atoms with Gasteiger partial charge in [0.2, 0.25) is 0 Å². The molecule has 0 fully saturated rings. The summed E-state index contributed by atoms with van der Waals surface area (Å²) < 4.78 is 30.3. The molecule has 0 unspecified atom stereocenters.